The first-order chi connectivity index (χ1) is 11.6. The molecule has 7 nitrogen and oxygen atoms in total. The van der Waals surface area contributed by atoms with Gasteiger partial charge in [0.2, 0.25) is 11.1 Å². The van der Waals surface area contributed by atoms with Crippen molar-refractivity contribution < 1.29 is 14.3 Å². The number of hydrogen-bond acceptors (Lipinski definition) is 6. The molecule has 0 radical (unpaired) electrons. The van der Waals surface area contributed by atoms with E-state index in [0.717, 1.165) is 25.1 Å². The average molecular weight is 348 g/mol. The van der Waals surface area contributed by atoms with Gasteiger partial charge in [0.15, 0.2) is 0 Å². The number of amides is 1. The molecular formula is C16H20N4O3S. The van der Waals surface area contributed by atoms with E-state index in [9.17, 15) is 9.59 Å². The molecule has 0 spiro atoms. The summed E-state index contributed by atoms with van der Waals surface area (Å²) in [7, 11) is 1.33. The number of rotatable bonds is 8. The van der Waals surface area contributed by atoms with Crippen molar-refractivity contribution in [3.63, 3.8) is 0 Å². The summed E-state index contributed by atoms with van der Waals surface area (Å²) >= 11 is 1.27. The quantitative estimate of drug-likeness (QED) is 0.562. The van der Waals surface area contributed by atoms with Gasteiger partial charge in [-0.25, -0.2) is 9.78 Å². The SMILES string of the molecule is CCCCc1nc(SCC(=O)Nc2ccc(C(=O)OC)cc2)n[nH]1. The van der Waals surface area contributed by atoms with Gasteiger partial charge in [-0.2, -0.15) is 0 Å². The summed E-state index contributed by atoms with van der Waals surface area (Å²) in [4.78, 5) is 27.6. The number of esters is 1. The van der Waals surface area contributed by atoms with Crippen molar-refractivity contribution in [1.82, 2.24) is 15.2 Å². The lowest BCUT2D eigenvalue weighted by molar-refractivity contribution is -0.113. The predicted molar refractivity (Wildman–Crippen MR) is 92.1 cm³/mol. The highest BCUT2D eigenvalue weighted by Crippen LogP contribution is 2.15. The molecule has 0 aliphatic rings. The number of nitrogens with zero attached hydrogens (tertiary/aromatic N) is 2. The molecule has 0 saturated heterocycles. The van der Waals surface area contributed by atoms with Crippen molar-refractivity contribution in [3.8, 4) is 0 Å². The fraction of sp³-hybridized carbons (Fsp3) is 0.375. The second-order valence-corrected chi connectivity index (χ2v) is 6.02. The Hall–Kier alpha value is -2.35. The standard InChI is InChI=1S/C16H20N4O3S/c1-3-4-5-13-18-16(20-19-13)24-10-14(21)17-12-8-6-11(7-9-12)15(22)23-2/h6-9H,3-5,10H2,1-2H3,(H,17,21)(H,18,19,20). The van der Waals surface area contributed by atoms with Gasteiger partial charge in [0.05, 0.1) is 18.4 Å². The van der Waals surface area contributed by atoms with Gasteiger partial charge in [0, 0.05) is 12.1 Å². The van der Waals surface area contributed by atoms with Crippen LogP contribution in [0.2, 0.25) is 0 Å². The number of unbranched alkanes of at least 4 members (excludes halogenated alkanes) is 1. The third kappa shape index (κ3) is 5.38. The van der Waals surface area contributed by atoms with Gasteiger partial charge in [-0.1, -0.05) is 25.1 Å². The minimum absolute atomic E-state index is 0.161. The largest absolute Gasteiger partial charge is 0.465 e. The second kappa shape index (κ2) is 9.07. The third-order valence-electron chi connectivity index (χ3n) is 3.20. The summed E-state index contributed by atoms with van der Waals surface area (Å²) in [5.74, 6) is 0.486. The highest BCUT2D eigenvalue weighted by Gasteiger charge is 2.09. The zero-order chi connectivity index (χ0) is 17.4. The number of aromatic amines is 1. The van der Waals surface area contributed by atoms with Crippen LogP contribution in [0.25, 0.3) is 0 Å². The molecule has 2 N–H and O–H groups in total. The molecule has 0 fully saturated rings. The number of thioether (sulfide) groups is 1. The first kappa shape index (κ1) is 18.0. The van der Waals surface area contributed by atoms with Gasteiger partial charge in [-0.3, -0.25) is 9.89 Å². The maximum Gasteiger partial charge on any atom is 0.337 e. The van der Waals surface area contributed by atoms with Crippen LogP contribution >= 0.6 is 11.8 Å². The number of carbonyl (C=O) groups is 2. The van der Waals surface area contributed by atoms with Crippen LogP contribution in [0.15, 0.2) is 29.4 Å². The first-order valence-corrected chi connectivity index (χ1v) is 8.63. The molecule has 0 atom stereocenters. The van der Waals surface area contributed by atoms with E-state index in [4.69, 9.17) is 0 Å². The minimum Gasteiger partial charge on any atom is -0.465 e. The maximum absolute atomic E-state index is 12.0. The lowest BCUT2D eigenvalue weighted by Gasteiger charge is -2.05. The highest BCUT2D eigenvalue weighted by atomic mass is 32.2. The summed E-state index contributed by atoms with van der Waals surface area (Å²) in [5.41, 5.74) is 1.05. The number of aryl methyl sites for hydroxylation is 1. The van der Waals surface area contributed by atoms with Crippen molar-refractivity contribution >= 4 is 29.3 Å². The molecule has 0 saturated carbocycles. The second-order valence-electron chi connectivity index (χ2n) is 5.07. The van der Waals surface area contributed by atoms with Gasteiger partial charge in [-0.05, 0) is 30.7 Å². The molecule has 8 heteroatoms. The van der Waals surface area contributed by atoms with Crippen molar-refractivity contribution in [2.24, 2.45) is 0 Å². The lowest BCUT2D eigenvalue weighted by atomic mass is 10.2. The van der Waals surface area contributed by atoms with Gasteiger partial charge in [0.1, 0.15) is 5.82 Å². The van der Waals surface area contributed by atoms with Crippen molar-refractivity contribution in [1.29, 1.82) is 0 Å². The number of H-pyrrole nitrogens is 1. The molecule has 1 aromatic carbocycles. The Bertz CT molecular complexity index is 685. The molecule has 2 rings (SSSR count). The monoisotopic (exact) mass is 348 g/mol. The number of aromatic nitrogens is 3. The Morgan fingerprint density at radius 2 is 2.04 bits per heavy atom. The molecule has 2 aromatic rings. The van der Waals surface area contributed by atoms with E-state index in [-0.39, 0.29) is 11.7 Å². The molecule has 0 unspecified atom stereocenters. The number of methoxy groups -OCH3 is 1. The zero-order valence-electron chi connectivity index (χ0n) is 13.7. The Morgan fingerprint density at radius 1 is 1.29 bits per heavy atom. The van der Waals surface area contributed by atoms with Crippen LogP contribution in [0.5, 0.6) is 0 Å². The van der Waals surface area contributed by atoms with Crippen LogP contribution in [-0.2, 0) is 16.0 Å². The lowest BCUT2D eigenvalue weighted by Crippen LogP contribution is -2.14. The molecule has 1 heterocycles. The van der Waals surface area contributed by atoms with Crippen LogP contribution in [0.1, 0.15) is 35.9 Å². The number of hydrogen-bond donors (Lipinski definition) is 2. The smallest absolute Gasteiger partial charge is 0.337 e. The molecule has 0 aliphatic carbocycles. The summed E-state index contributed by atoms with van der Waals surface area (Å²) in [5, 5.41) is 10.3. The Balaban J connectivity index is 1.80. The fourth-order valence-electron chi connectivity index (χ4n) is 1.93. The molecule has 0 bridgehead atoms. The molecule has 24 heavy (non-hydrogen) atoms. The van der Waals surface area contributed by atoms with Crippen molar-refractivity contribution in [2.75, 3.05) is 18.2 Å². The maximum atomic E-state index is 12.0. The van der Waals surface area contributed by atoms with Crippen LogP contribution in [-0.4, -0.2) is 39.9 Å². The predicted octanol–water partition coefficient (Wildman–Crippen LogP) is 2.66. The summed E-state index contributed by atoms with van der Waals surface area (Å²) in [6.45, 7) is 2.12. The van der Waals surface area contributed by atoms with Gasteiger partial charge in [-0.15, -0.1) is 5.10 Å². The Morgan fingerprint density at radius 3 is 2.71 bits per heavy atom. The van der Waals surface area contributed by atoms with Gasteiger partial charge < -0.3 is 10.1 Å². The topological polar surface area (TPSA) is 97.0 Å². The van der Waals surface area contributed by atoms with E-state index >= 15 is 0 Å². The van der Waals surface area contributed by atoms with E-state index in [1.807, 2.05) is 0 Å². The van der Waals surface area contributed by atoms with Crippen LogP contribution < -0.4 is 5.32 Å². The van der Waals surface area contributed by atoms with Crippen molar-refractivity contribution in [3.05, 3.63) is 35.7 Å². The van der Waals surface area contributed by atoms with Crippen LogP contribution in [0.3, 0.4) is 0 Å². The van der Waals surface area contributed by atoms with Gasteiger partial charge in [0.25, 0.3) is 0 Å². The minimum atomic E-state index is -0.410. The highest BCUT2D eigenvalue weighted by molar-refractivity contribution is 7.99. The van der Waals surface area contributed by atoms with Crippen LogP contribution in [0, 0.1) is 0 Å². The van der Waals surface area contributed by atoms with E-state index in [2.05, 4.69) is 32.2 Å². The van der Waals surface area contributed by atoms with Crippen LogP contribution in [0.4, 0.5) is 5.69 Å². The summed E-state index contributed by atoms with van der Waals surface area (Å²) in [6, 6.07) is 6.52. The van der Waals surface area contributed by atoms with E-state index in [0.29, 0.717) is 16.4 Å². The average Bonchev–Trinajstić information content (AvgIpc) is 3.06. The number of carbonyl (C=O) groups excluding carboxylic acids is 2. The Kier molecular flexibility index (Phi) is 6.80. The molecule has 0 aliphatic heterocycles. The number of anilines is 1. The Labute approximate surface area is 144 Å². The molecule has 1 amide bonds. The van der Waals surface area contributed by atoms with E-state index in [1.165, 1.54) is 18.9 Å². The van der Waals surface area contributed by atoms with Crippen molar-refractivity contribution in [2.45, 2.75) is 31.3 Å². The number of nitrogens with one attached hydrogen (secondary N) is 2. The molecule has 1 aromatic heterocycles. The van der Waals surface area contributed by atoms with E-state index in [1.54, 1.807) is 24.3 Å². The van der Waals surface area contributed by atoms with Gasteiger partial charge >= 0.3 is 5.97 Å². The van der Waals surface area contributed by atoms with E-state index < -0.39 is 5.97 Å². The summed E-state index contributed by atoms with van der Waals surface area (Å²) in [6.07, 6.45) is 3.02. The zero-order valence-corrected chi connectivity index (χ0v) is 14.5. The summed E-state index contributed by atoms with van der Waals surface area (Å²) < 4.78 is 4.62. The molecule has 128 valence electrons. The molecular weight excluding hydrogens is 328 g/mol. The fourth-order valence-corrected chi connectivity index (χ4v) is 2.55. The normalized spacial score (nSPS) is 10.4. The first-order valence-electron chi connectivity index (χ1n) is 7.64. The number of benzene rings is 1. The number of ether oxygens (including phenoxy) is 1. The third-order valence-corrected chi connectivity index (χ3v) is 4.05.